The average molecular weight is 172 g/mol. The molecule has 0 bridgehead atoms. The van der Waals surface area contributed by atoms with E-state index in [-0.39, 0.29) is 12.2 Å². The van der Waals surface area contributed by atoms with Gasteiger partial charge in [0.1, 0.15) is 0 Å². The molecule has 1 aliphatic heterocycles. The Morgan fingerprint density at radius 1 is 1.75 bits per heavy atom. The standard InChI is InChI=1S/C8H16N2O2/c1-9-5-6-10(2)7-3-4-8(11)12-7/h7,9H,3-6H2,1-2H3. The fourth-order valence-corrected chi connectivity index (χ4v) is 1.25. The smallest absolute Gasteiger partial charge is 0.307 e. The van der Waals surface area contributed by atoms with Gasteiger partial charge in [-0.3, -0.25) is 9.69 Å². The van der Waals surface area contributed by atoms with Gasteiger partial charge >= 0.3 is 5.97 Å². The summed E-state index contributed by atoms with van der Waals surface area (Å²) in [7, 11) is 3.88. The summed E-state index contributed by atoms with van der Waals surface area (Å²) in [6.45, 7) is 1.83. The lowest BCUT2D eigenvalue weighted by Gasteiger charge is -2.22. The number of cyclic esters (lactones) is 1. The maximum atomic E-state index is 10.8. The van der Waals surface area contributed by atoms with E-state index in [0.717, 1.165) is 19.5 Å². The molecule has 0 spiro atoms. The number of hydrogen-bond acceptors (Lipinski definition) is 4. The Hall–Kier alpha value is -0.610. The molecular weight excluding hydrogens is 156 g/mol. The molecule has 4 nitrogen and oxygen atoms in total. The fourth-order valence-electron chi connectivity index (χ4n) is 1.25. The van der Waals surface area contributed by atoms with Gasteiger partial charge in [0.2, 0.25) is 0 Å². The Balaban J connectivity index is 2.23. The second-order valence-corrected chi connectivity index (χ2v) is 3.07. The van der Waals surface area contributed by atoms with Crippen LogP contribution in [0.4, 0.5) is 0 Å². The van der Waals surface area contributed by atoms with Crippen LogP contribution in [0.25, 0.3) is 0 Å². The lowest BCUT2D eigenvalue weighted by Crippen LogP contribution is -2.36. The molecule has 0 saturated carbocycles. The highest BCUT2D eigenvalue weighted by molar-refractivity contribution is 5.71. The van der Waals surface area contributed by atoms with Gasteiger partial charge in [0, 0.05) is 19.5 Å². The van der Waals surface area contributed by atoms with Crippen molar-refractivity contribution >= 4 is 5.97 Å². The highest BCUT2D eigenvalue weighted by Gasteiger charge is 2.26. The zero-order valence-electron chi connectivity index (χ0n) is 7.67. The lowest BCUT2D eigenvalue weighted by molar-refractivity contribution is -0.147. The van der Waals surface area contributed by atoms with E-state index in [9.17, 15) is 4.79 Å². The molecule has 0 aromatic rings. The highest BCUT2D eigenvalue weighted by atomic mass is 16.6. The number of rotatable bonds is 4. The van der Waals surface area contributed by atoms with Crippen LogP contribution < -0.4 is 5.32 Å². The molecule has 0 aromatic carbocycles. The van der Waals surface area contributed by atoms with Crippen molar-refractivity contribution in [1.29, 1.82) is 0 Å². The number of hydrogen-bond donors (Lipinski definition) is 1. The number of ether oxygens (including phenoxy) is 1. The molecule has 1 fully saturated rings. The maximum Gasteiger partial charge on any atom is 0.307 e. The van der Waals surface area contributed by atoms with Crippen molar-refractivity contribution in [2.45, 2.75) is 19.1 Å². The first-order chi connectivity index (χ1) is 5.74. The van der Waals surface area contributed by atoms with Crippen LogP contribution in [-0.2, 0) is 9.53 Å². The normalized spacial score (nSPS) is 23.2. The monoisotopic (exact) mass is 172 g/mol. The summed E-state index contributed by atoms with van der Waals surface area (Å²) in [6.07, 6.45) is 1.40. The van der Waals surface area contributed by atoms with Crippen LogP contribution in [0.3, 0.4) is 0 Å². The Bertz CT molecular complexity index is 161. The van der Waals surface area contributed by atoms with Gasteiger partial charge in [0.25, 0.3) is 0 Å². The van der Waals surface area contributed by atoms with Gasteiger partial charge in [0.05, 0.1) is 6.42 Å². The first-order valence-corrected chi connectivity index (χ1v) is 4.28. The first-order valence-electron chi connectivity index (χ1n) is 4.28. The Kier molecular flexibility index (Phi) is 3.49. The zero-order chi connectivity index (χ0) is 8.97. The van der Waals surface area contributed by atoms with Crippen LogP contribution in [-0.4, -0.2) is 44.3 Å². The van der Waals surface area contributed by atoms with E-state index in [1.54, 1.807) is 0 Å². The molecule has 1 rings (SSSR count). The van der Waals surface area contributed by atoms with Gasteiger partial charge in [-0.05, 0) is 14.1 Å². The summed E-state index contributed by atoms with van der Waals surface area (Å²) < 4.78 is 5.08. The van der Waals surface area contributed by atoms with Crippen molar-refractivity contribution < 1.29 is 9.53 Å². The van der Waals surface area contributed by atoms with Crippen molar-refractivity contribution in [3.05, 3.63) is 0 Å². The van der Waals surface area contributed by atoms with E-state index < -0.39 is 0 Å². The van der Waals surface area contributed by atoms with Crippen molar-refractivity contribution in [3.8, 4) is 0 Å². The summed E-state index contributed by atoms with van der Waals surface area (Å²) in [6, 6.07) is 0. The topological polar surface area (TPSA) is 41.6 Å². The van der Waals surface area contributed by atoms with Gasteiger partial charge < -0.3 is 10.1 Å². The van der Waals surface area contributed by atoms with Crippen LogP contribution in [0.2, 0.25) is 0 Å². The minimum Gasteiger partial charge on any atom is -0.446 e. The minimum atomic E-state index is -0.0729. The number of nitrogens with one attached hydrogen (secondary N) is 1. The van der Waals surface area contributed by atoms with Crippen LogP contribution in [0.1, 0.15) is 12.8 Å². The van der Waals surface area contributed by atoms with E-state index in [4.69, 9.17) is 4.74 Å². The van der Waals surface area contributed by atoms with Crippen molar-refractivity contribution in [3.63, 3.8) is 0 Å². The average Bonchev–Trinajstić information content (AvgIpc) is 2.47. The zero-order valence-corrected chi connectivity index (χ0v) is 7.67. The lowest BCUT2D eigenvalue weighted by atomic mass is 10.3. The Labute approximate surface area is 72.9 Å². The molecule has 1 N–H and O–H groups in total. The summed E-state index contributed by atoms with van der Waals surface area (Å²) in [4.78, 5) is 12.8. The van der Waals surface area contributed by atoms with Gasteiger partial charge in [-0.2, -0.15) is 0 Å². The van der Waals surface area contributed by atoms with Crippen LogP contribution in [0, 0.1) is 0 Å². The minimum absolute atomic E-state index is 0.00542. The molecule has 1 saturated heterocycles. The molecule has 70 valence electrons. The number of nitrogens with zero attached hydrogens (tertiary/aromatic N) is 1. The maximum absolute atomic E-state index is 10.8. The molecule has 1 heterocycles. The summed E-state index contributed by atoms with van der Waals surface area (Å²) in [5, 5.41) is 3.05. The van der Waals surface area contributed by atoms with Crippen LogP contribution >= 0.6 is 0 Å². The number of likely N-dealkylation sites (N-methyl/N-ethyl adjacent to an activating group) is 2. The summed E-state index contributed by atoms with van der Waals surface area (Å²) in [5.41, 5.74) is 0. The van der Waals surface area contributed by atoms with E-state index in [0.29, 0.717) is 6.42 Å². The third-order valence-electron chi connectivity index (χ3n) is 2.07. The van der Waals surface area contributed by atoms with E-state index >= 15 is 0 Å². The molecular formula is C8H16N2O2. The fraction of sp³-hybridized carbons (Fsp3) is 0.875. The first kappa shape index (κ1) is 9.48. The molecule has 0 radical (unpaired) electrons. The van der Waals surface area contributed by atoms with Gasteiger partial charge in [-0.25, -0.2) is 0 Å². The summed E-state index contributed by atoms with van der Waals surface area (Å²) >= 11 is 0. The van der Waals surface area contributed by atoms with Gasteiger partial charge in [-0.15, -0.1) is 0 Å². The van der Waals surface area contributed by atoms with E-state index in [2.05, 4.69) is 10.2 Å². The number of carbonyl (C=O) groups excluding carboxylic acids is 1. The van der Waals surface area contributed by atoms with Crippen LogP contribution in [0.5, 0.6) is 0 Å². The number of esters is 1. The predicted molar refractivity (Wildman–Crippen MR) is 45.7 cm³/mol. The summed E-state index contributed by atoms with van der Waals surface area (Å²) in [5.74, 6) is -0.0729. The molecule has 12 heavy (non-hydrogen) atoms. The van der Waals surface area contributed by atoms with E-state index in [1.807, 2.05) is 14.1 Å². The van der Waals surface area contributed by atoms with Crippen LogP contribution in [0.15, 0.2) is 0 Å². The molecule has 0 amide bonds. The van der Waals surface area contributed by atoms with Crippen molar-refractivity contribution in [2.24, 2.45) is 0 Å². The third kappa shape index (κ3) is 2.46. The van der Waals surface area contributed by atoms with Gasteiger partial charge in [-0.1, -0.05) is 0 Å². The molecule has 1 atom stereocenters. The SMILES string of the molecule is CNCCN(C)C1CCC(=O)O1. The second kappa shape index (κ2) is 4.42. The van der Waals surface area contributed by atoms with Crippen molar-refractivity contribution in [2.75, 3.05) is 27.2 Å². The van der Waals surface area contributed by atoms with Gasteiger partial charge in [0.15, 0.2) is 6.23 Å². The Morgan fingerprint density at radius 3 is 3.00 bits per heavy atom. The number of carbonyl (C=O) groups is 1. The molecule has 1 aliphatic rings. The molecule has 0 aromatic heterocycles. The molecule has 1 unspecified atom stereocenters. The quantitative estimate of drug-likeness (QED) is 0.596. The van der Waals surface area contributed by atoms with E-state index in [1.165, 1.54) is 0 Å². The predicted octanol–water partition coefficient (Wildman–Crippen LogP) is -0.199. The largest absolute Gasteiger partial charge is 0.446 e. The second-order valence-electron chi connectivity index (χ2n) is 3.07. The molecule has 4 heteroatoms. The van der Waals surface area contributed by atoms with Crippen molar-refractivity contribution in [1.82, 2.24) is 10.2 Å². The Morgan fingerprint density at radius 2 is 2.50 bits per heavy atom. The highest BCUT2D eigenvalue weighted by Crippen LogP contribution is 2.15. The molecule has 0 aliphatic carbocycles. The third-order valence-corrected chi connectivity index (χ3v) is 2.07.